The Morgan fingerprint density at radius 3 is 1.95 bits per heavy atom. The Hall–Kier alpha value is -2.59. The molecule has 1 aliphatic rings. The number of hydrogen-bond donors (Lipinski definition) is 2. The average Bonchev–Trinajstić information content (AvgIpc) is 3.09. The third-order valence-electron chi connectivity index (χ3n) is 3.59. The topological polar surface area (TPSA) is 52.6 Å². The lowest BCUT2D eigenvalue weighted by Gasteiger charge is -2.31. The number of amides is 1. The Kier molecular flexibility index (Phi) is 3.46. The standard InChI is InChI=1S/C17H16N2O2/c20-16(19-12-11-18-13-19)17(21,14-7-3-1-4-8-14)15-9-5-2-6-10-15/h1-12,18,21H,13H2. The molecule has 0 saturated carbocycles. The molecular weight excluding hydrogens is 264 g/mol. The first kappa shape index (κ1) is 13.4. The van der Waals surface area contributed by atoms with Gasteiger partial charge in [-0.15, -0.1) is 0 Å². The number of aliphatic hydroxyl groups is 1. The van der Waals surface area contributed by atoms with Gasteiger partial charge in [0.15, 0.2) is 5.60 Å². The van der Waals surface area contributed by atoms with E-state index in [2.05, 4.69) is 5.32 Å². The second-order valence-corrected chi connectivity index (χ2v) is 4.90. The van der Waals surface area contributed by atoms with E-state index in [-0.39, 0.29) is 5.91 Å². The molecule has 106 valence electrons. The predicted molar refractivity (Wildman–Crippen MR) is 79.9 cm³/mol. The van der Waals surface area contributed by atoms with E-state index in [1.165, 1.54) is 4.90 Å². The van der Waals surface area contributed by atoms with Gasteiger partial charge < -0.3 is 10.4 Å². The summed E-state index contributed by atoms with van der Waals surface area (Å²) in [6.45, 7) is 0.362. The van der Waals surface area contributed by atoms with Gasteiger partial charge in [0.2, 0.25) is 0 Å². The number of nitrogens with one attached hydrogen (secondary N) is 1. The predicted octanol–water partition coefficient (Wildman–Crippen LogP) is 1.78. The lowest BCUT2D eigenvalue weighted by atomic mass is 9.85. The minimum absolute atomic E-state index is 0.362. The summed E-state index contributed by atoms with van der Waals surface area (Å²) >= 11 is 0. The molecule has 0 bridgehead atoms. The van der Waals surface area contributed by atoms with Crippen molar-refractivity contribution in [2.45, 2.75) is 5.60 Å². The monoisotopic (exact) mass is 280 g/mol. The molecule has 3 rings (SSSR count). The smallest absolute Gasteiger partial charge is 0.269 e. The number of rotatable bonds is 3. The maximum absolute atomic E-state index is 12.9. The summed E-state index contributed by atoms with van der Waals surface area (Å²) < 4.78 is 0. The van der Waals surface area contributed by atoms with Crippen molar-refractivity contribution in [2.75, 3.05) is 6.67 Å². The second kappa shape index (κ2) is 5.42. The van der Waals surface area contributed by atoms with Crippen molar-refractivity contribution < 1.29 is 9.90 Å². The van der Waals surface area contributed by atoms with Gasteiger partial charge in [-0.1, -0.05) is 60.7 Å². The van der Waals surface area contributed by atoms with Crippen molar-refractivity contribution >= 4 is 5.91 Å². The van der Waals surface area contributed by atoms with Crippen LogP contribution in [-0.2, 0) is 10.4 Å². The maximum Gasteiger partial charge on any atom is 0.269 e. The van der Waals surface area contributed by atoms with Gasteiger partial charge in [0.1, 0.15) is 0 Å². The lowest BCUT2D eigenvalue weighted by Crippen LogP contribution is -2.46. The molecule has 2 aromatic rings. The third kappa shape index (κ3) is 2.30. The van der Waals surface area contributed by atoms with E-state index in [0.717, 1.165) is 0 Å². The zero-order valence-corrected chi connectivity index (χ0v) is 11.4. The van der Waals surface area contributed by atoms with E-state index in [0.29, 0.717) is 17.8 Å². The molecule has 4 nitrogen and oxygen atoms in total. The molecule has 2 aromatic carbocycles. The van der Waals surface area contributed by atoms with Crippen LogP contribution in [-0.4, -0.2) is 22.6 Å². The van der Waals surface area contributed by atoms with Gasteiger partial charge in [-0.3, -0.25) is 9.69 Å². The molecule has 0 unspecified atom stereocenters. The molecule has 0 spiro atoms. The first-order chi connectivity index (χ1) is 10.2. The Balaban J connectivity index is 2.11. The summed E-state index contributed by atoms with van der Waals surface area (Å²) in [7, 11) is 0. The third-order valence-corrected chi connectivity index (χ3v) is 3.59. The van der Waals surface area contributed by atoms with Crippen LogP contribution in [0.3, 0.4) is 0 Å². The molecule has 0 saturated heterocycles. The summed E-state index contributed by atoms with van der Waals surface area (Å²) in [6.07, 6.45) is 3.33. The van der Waals surface area contributed by atoms with Crippen molar-refractivity contribution in [1.82, 2.24) is 10.2 Å². The van der Waals surface area contributed by atoms with E-state index in [9.17, 15) is 9.90 Å². The van der Waals surface area contributed by atoms with Gasteiger partial charge in [0.05, 0.1) is 6.67 Å². The SMILES string of the molecule is O=C(N1C=CNC1)C(O)(c1ccccc1)c1ccccc1. The summed E-state index contributed by atoms with van der Waals surface area (Å²) in [5.41, 5.74) is -0.582. The van der Waals surface area contributed by atoms with Crippen LogP contribution in [0.15, 0.2) is 73.1 Å². The van der Waals surface area contributed by atoms with Gasteiger partial charge in [-0.05, 0) is 11.1 Å². The minimum Gasteiger partial charge on any atom is -0.372 e. The Morgan fingerprint density at radius 1 is 1.00 bits per heavy atom. The van der Waals surface area contributed by atoms with Crippen molar-refractivity contribution in [3.63, 3.8) is 0 Å². The Labute approximate surface area is 123 Å². The average molecular weight is 280 g/mol. The zero-order valence-electron chi connectivity index (χ0n) is 11.4. The summed E-state index contributed by atoms with van der Waals surface area (Å²) in [4.78, 5) is 14.3. The highest BCUT2D eigenvalue weighted by Crippen LogP contribution is 2.32. The van der Waals surface area contributed by atoms with Crippen LogP contribution >= 0.6 is 0 Å². The van der Waals surface area contributed by atoms with Crippen LogP contribution < -0.4 is 5.32 Å². The maximum atomic E-state index is 12.9. The highest BCUT2D eigenvalue weighted by atomic mass is 16.3. The molecule has 2 N–H and O–H groups in total. The fourth-order valence-corrected chi connectivity index (χ4v) is 2.47. The number of nitrogens with zero attached hydrogens (tertiary/aromatic N) is 1. The van der Waals surface area contributed by atoms with Crippen molar-refractivity contribution in [1.29, 1.82) is 0 Å². The Morgan fingerprint density at radius 2 is 1.52 bits per heavy atom. The van der Waals surface area contributed by atoms with Crippen LogP contribution in [0.2, 0.25) is 0 Å². The van der Waals surface area contributed by atoms with E-state index >= 15 is 0 Å². The molecule has 1 aliphatic heterocycles. The highest BCUT2D eigenvalue weighted by molar-refractivity contribution is 5.91. The Bertz CT molecular complexity index is 614. The lowest BCUT2D eigenvalue weighted by molar-refractivity contribution is -0.145. The van der Waals surface area contributed by atoms with Crippen LogP contribution in [0.4, 0.5) is 0 Å². The molecule has 0 aromatic heterocycles. The van der Waals surface area contributed by atoms with Crippen molar-refractivity contribution in [2.24, 2.45) is 0 Å². The molecule has 1 amide bonds. The number of benzene rings is 2. The van der Waals surface area contributed by atoms with Crippen LogP contribution in [0.5, 0.6) is 0 Å². The van der Waals surface area contributed by atoms with E-state index in [4.69, 9.17) is 0 Å². The van der Waals surface area contributed by atoms with Gasteiger partial charge in [-0.25, -0.2) is 0 Å². The molecule has 0 fully saturated rings. The van der Waals surface area contributed by atoms with E-state index in [1.807, 2.05) is 36.4 Å². The first-order valence-electron chi connectivity index (χ1n) is 6.77. The van der Waals surface area contributed by atoms with Crippen molar-refractivity contribution in [3.8, 4) is 0 Å². The second-order valence-electron chi connectivity index (χ2n) is 4.90. The molecular formula is C17H16N2O2. The normalized spacial score (nSPS) is 14.0. The zero-order chi connectivity index (χ0) is 14.7. The van der Waals surface area contributed by atoms with Crippen LogP contribution in [0.1, 0.15) is 11.1 Å². The van der Waals surface area contributed by atoms with Crippen molar-refractivity contribution in [3.05, 3.63) is 84.2 Å². The van der Waals surface area contributed by atoms with Crippen LogP contribution in [0.25, 0.3) is 0 Å². The molecule has 21 heavy (non-hydrogen) atoms. The molecule has 4 heteroatoms. The van der Waals surface area contributed by atoms with Gasteiger partial charge in [0.25, 0.3) is 5.91 Å². The molecule has 0 atom stereocenters. The first-order valence-corrected chi connectivity index (χ1v) is 6.77. The number of hydrogen-bond acceptors (Lipinski definition) is 3. The number of carbonyl (C=O) groups excluding carboxylic acids is 1. The van der Waals surface area contributed by atoms with Gasteiger partial charge in [0, 0.05) is 12.4 Å². The molecule has 0 aliphatic carbocycles. The van der Waals surface area contributed by atoms with E-state index in [1.54, 1.807) is 36.7 Å². The summed E-state index contributed by atoms with van der Waals surface area (Å²) in [5, 5.41) is 14.2. The van der Waals surface area contributed by atoms with Gasteiger partial charge in [-0.2, -0.15) is 0 Å². The fourth-order valence-electron chi connectivity index (χ4n) is 2.47. The van der Waals surface area contributed by atoms with Crippen LogP contribution in [0, 0.1) is 0 Å². The summed E-state index contributed by atoms with van der Waals surface area (Å²) in [5.74, 6) is -0.374. The van der Waals surface area contributed by atoms with Gasteiger partial charge >= 0.3 is 0 Å². The largest absolute Gasteiger partial charge is 0.372 e. The molecule has 1 heterocycles. The quantitative estimate of drug-likeness (QED) is 0.901. The minimum atomic E-state index is -1.70. The summed E-state index contributed by atoms with van der Waals surface area (Å²) in [6, 6.07) is 18.0. The number of carbonyl (C=O) groups is 1. The van der Waals surface area contributed by atoms with E-state index < -0.39 is 5.60 Å². The highest BCUT2D eigenvalue weighted by Gasteiger charge is 2.42. The fraction of sp³-hybridized carbons (Fsp3) is 0.118. The molecule has 0 radical (unpaired) electrons.